The van der Waals surface area contributed by atoms with Crippen LogP contribution in [0.4, 0.5) is 5.82 Å². The number of anilines is 1. The molecule has 9 nitrogen and oxygen atoms in total. The number of fused-ring (bicyclic) bond motifs is 2. The molecule has 10 heteroatoms. The van der Waals surface area contributed by atoms with Crippen LogP contribution in [0.1, 0.15) is 46.7 Å². The van der Waals surface area contributed by atoms with Crippen molar-refractivity contribution in [3.63, 3.8) is 0 Å². The smallest absolute Gasteiger partial charge is 0.256 e. The highest BCUT2D eigenvalue weighted by Crippen LogP contribution is 2.35. The van der Waals surface area contributed by atoms with E-state index in [1.54, 1.807) is 0 Å². The fourth-order valence-electron chi connectivity index (χ4n) is 5.52. The van der Waals surface area contributed by atoms with Gasteiger partial charge in [0.05, 0.1) is 36.4 Å². The number of nitrogens with one attached hydrogen (secondary N) is 1. The Kier molecular flexibility index (Phi) is 7.05. The monoisotopic (exact) mass is 546 g/mol. The van der Waals surface area contributed by atoms with E-state index in [1.807, 2.05) is 41.2 Å². The zero-order valence-corrected chi connectivity index (χ0v) is 24.3. The number of imidazole rings is 1. The minimum absolute atomic E-state index is 0.195. The van der Waals surface area contributed by atoms with E-state index in [0.29, 0.717) is 43.3 Å². The zero-order chi connectivity index (χ0) is 27.1. The van der Waals surface area contributed by atoms with Crippen molar-refractivity contribution >= 4 is 36.2 Å². The fourth-order valence-corrected chi connectivity index (χ4v) is 6.28. The van der Waals surface area contributed by atoms with Crippen LogP contribution in [0.2, 0.25) is 25.7 Å². The Hall–Kier alpha value is -3.05. The molecule has 1 amide bonds. The normalized spacial score (nSPS) is 18.7. The van der Waals surface area contributed by atoms with Crippen LogP contribution in [0.25, 0.3) is 16.4 Å². The fraction of sp³-hybridized carbons (Fsp3) is 0.483. The van der Waals surface area contributed by atoms with Gasteiger partial charge in [-0.2, -0.15) is 0 Å². The molecule has 2 aliphatic rings. The van der Waals surface area contributed by atoms with E-state index in [2.05, 4.69) is 57.5 Å². The molecule has 0 unspecified atom stereocenters. The first kappa shape index (κ1) is 26.2. The highest BCUT2D eigenvalue weighted by molar-refractivity contribution is 6.76. The van der Waals surface area contributed by atoms with Crippen LogP contribution in [0.15, 0.2) is 42.9 Å². The molecule has 1 N–H and O–H groups in total. The predicted octanol–water partition coefficient (Wildman–Crippen LogP) is 5.13. The molecule has 1 atom stereocenters. The number of carbonyl (C=O) groups is 1. The lowest BCUT2D eigenvalue weighted by Gasteiger charge is -2.24. The average Bonchev–Trinajstić information content (AvgIpc) is 3.57. The molecule has 39 heavy (non-hydrogen) atoms. The van der Waals surface area contributed by atoms with E-state index in [0.717, 1.165) is 47.9 Å². The molecule has 0 aromatic carbocycles. The second-order valence-corrected chi connectivity index (χ2v) is 17.7. The molecule has 4 aromatic rings. The number of hydrogen-bond acceptors (Lipinski definition) is 6. The lowest BCUT2D eigenvalue weighted by molar-refractivity contribution is 0.00465. The molecule has 206 valence electrons. The lowest BCUT2D eigenvalue weighted by atomic mass is 10.1. The Morgan fingerprint density at radius 1 is 1.18 bits per heavy atom. The molecule has 0 radical (unpaired) electrons. The van der Waals surface area contributed by atoms with E-state index in [4.69, 9.17) is 9.47 Å². The quantitative estimate of drug-likeness (QED) is 0.231. The number of amides is 1. The third-order valence-electron chi connectivity index (χ3n) is 7.96. The average molecular weight is 547 g/mol. The molecule has 6 heterocycles. The number of carbonyl (C=O) groups excluding carboxylic acids is 1. The van der Waals surface area contributed by atoms with Crippen molar-refractivity contribution in [1.82, 2.24) is 23.8 Å². The number of ether oxygens (including phenoxy) is 2. The zero-order valence-electron chi connectivity index (χ0n) is 23.3. The number of nitrogens with zero attached hydrogens (tertiary/aromatic N) is 5. The van der Waals surface area contributed by atoms with Crippen molar-refractivity contribution in [3.8, 4) is 0 Å². The van der Waals surface area contributed by atoms with Crippen molar-refractivity contribution in [2.75, 3.05) is 38.7 Å². The second-order valence-electron chi connectivity index (χ2n) is 12.1. The number of aromatic nitrogens is 4. The lowest BCUT2D eigenvalue weighted by Crippen LogP contribution is -2.27. The number of hydrogen-bond donors (Lipinski definition) is 1. The Balaban J connectivity index is 1.25. The van der Waals surface area contributed by atoms with Crippen LogP contribution in [-0.4, -0.2) is 71.2 Å². The summed E-state index contributed by atoms with van der Waals surface area (Å²) in [5.74, 6) is 1.62. The van der Waals surface area contributed by atoms with Gasteiger partial charge in [0.15, 0.2) is 0 Å². The summed E-state index contributed by atoms with van der Waals surface area (Å²) in [6, 6.07) is 9.39. The van der Waals surface area contributed by atoms with Crippen LogP contribution in [0, 0.1) is 0 Å². The van der Waals surface area contributed by atoms with Crippen LogP contribution in [0.5, 0.6) is 0 Å². The molecular formula is C29H38N6O3Si. The van der Waals surface area contributed by atoms with Crippen molar-refractivity contribution < 1.29 is 14.3 Å². The Morgan fingerprint density at radius 3 is 2.74 bits per heavy atom. The van der Waals surface area contributed by atoms with Gasteiger partial charge in [-0.15, -0.1) is 0 Å². The van der Waals surface area contributed by atoms with Gasteiger partial charge in [-0.25, -0.2) is 9.97 Å². The third kappa shape index (κ3) is 5.38. The summed E-state index contributed by atoms with van der Waals surface area (Å²) in [6.45, 7) is 10.8. The number of pyridine rings is 2. The van der Waals surface area contributed by atoms with Crippen LogP contribution >= 0.6 is 0 Å². The Bertz CT molecular complexity index is 1500. The molecule has 6 rings (SSSR count). The third-order valence-corrected chi connectivity index (χ3v) is 9.67. The summed E-state index contributed by atoms with van der Waals surface area (Å²) in [4.78, 5) is 24.8. The molecule has 2 aliphatic heterocycles. The minimum Gasteiger partial charge on any atom is -0.380 e. The maximum absolute atomic E-state index is 13.2. The van der Waals surface area contributed by atoms with Crippen LogP contribution in [0.3, 0.4) is 0 Å². The summed E-state index contributed by atoms with van der Waals surface area (Å²) in [7, 11) is 1.02. The highest BCUT2D eigenvalue weighted by atomic mass is 28.3. The largest absolute Gasteiger partial charge is 0.380 e. The van der Waals surface area contributed by atoms with Gasteiger partial charge in [-0.1, -0.05) is 19.6 Å². The molecule has 0 bridgehead atoms. The van der Waals surface area contributed by atoms with Gasteiger partial charge in [0.2, 0.25) is 0 Å². The summed E-state index contributed by atoms with van der Waals surface area (Å²) < 4.78 is 15.8. The minimum atomic E-state index is -1.17. The molecule has 4 aromatic heterocycles. The maximum Gasteiger partial charge on any atom is 0.256 e. The number of rotatable bonds is 9. The standard InChI is InChI=1S/C29H38N6O3Si/c1-33-8-5-6-24(33)26-13-21-15-30-27(14-25(21)35(26)19-37-10-11-39(2,3)4)32-29(36)20-7-9-34-23(12-20)16-31-28(34)22-17-38-18-22/h7,9,12-16,22,24H,5-6,8,10-11,17-19H2,1-4H3,(H,30,32,36)/t24-/m1/s1. The second kappa shape index (κ2) is 10.5. The summed E-state index contributed by atoms with van der Waals surface area (Å²) in [6.07, 6.45) is 7.90. The van der Waals surface area contributed by atoms with E-state index in [9.17, 15) is 4.79 Å². The first-order valence-electron chi connectivity index (χ1n) is 13.9. The van der Waals surface area contributed by atoms with Gasteiger partial charge in [-0.3, -0.25) is 9.69 Å². The van der Waals surface area contributed by atoms with E-state index in [1.165, 1.54) is 12.1 Å². The summed E-state index contributed by atoms with van der Waals surface area (Å²) >= 11 is 0. The van der Waals surface area contributed by atoms with E-state index >= 15 is 0 Å². The molecule has 2 saturated heterocycles. The van der Waals surface area contributed by atoms with Gasteiger partial charge >= 0.3 is 0 Å². The summed E-state index contributed by atoms with van der Waals surface area (Å²) in [5, 5.41) is 4.07. The van der Waals surface area contributed by atoms with E-state index < -0.39 is 8.07 Å². The van der Waals surface area contributed by atoms with E-state index in [-0.39, 0.29) is 5.91 Å². The van der Waals surface area contributed by atoms with Crippen LogP contribution in [-0.2, 0) is 16.2 Å². The first-order valence-corrected chi connectivity index (χ1v) is 17.6. The molecule has 0 aliphatic carbocycles. The van der Waals surface area contributed by atoms with Gasteiger partial charge in [-0.05, 0) is 50.7 Å². The Morgan fingerprint density at radius 2 is 2.03 bits per heavy atom. The van der Waals surface area contributed by atoms with Gasteiger partial charge in [0.1, 0.15) is 18.4 Å². The topological polar surface area (TPSA) is 85.9 Å². The molecule has 0 spiro atoms. The Labute approximate surface area is 230 Å². The van der Waals surface area contributed by atoms with Crippen molar-refractivity contribution in [1.29, 1.82) is 0 Å². The van der Waals surface area contributed by atoms with Crippen molar-refractivity contribution in [2.45, 2.75) is 57.2 Å². The SMILES string of the molecule is CN1CCC[C@@H]1c1cc2cnc(NC(=O)c3ccn4c(C5COC5)ncc4c3)cc2n1COCC[Si](C)(C)C. The van der Waals surface area contributed by atoms with Crippen molar-refractivity contribution in [3.05, 3.63) is 59.9 Å². The van der Waals surface area contributed by atoms with Crippen molar-refractivity contribution in [2.24, 2.45) is 0 Å². The first-order chi connectivity index (χ1) is 18.8. The number of likely N-dealkylation sites (tertiary alicyclic amines) is 1. The molecule has 0 saturated carbocycles. The maximum atomic E-state index is 13.2. The molecule has 2 fully saturated rings. The van der Waals surface area contributed by atoms with Crippen LogP contribution < -0.4 is 5.32 Å². The van der Waals surface area contributed by atoms with Gasteiger partial charge in [0, 0.05) is 55.8 Å². The van der Waals surface area contributed by atoms with Gasteiger partial charge < -0.3 is 23.8 Å². The van der Waals surface area contributed by atoms with Gasteiger partial charge in [0.25, 0.3) is 5.91 Å². The predicted molar refractivity (Wildman–Crippen MR) is 155 cm³/mol. The molecular weight excluding hydrogens is 508 g/mol. The summed E-state index contributed by atoms with van der Waals surface area (Å²) in [5.41, 5.74) is 3.74. The highest BCUT2D eigenvalue weighted by Gasteiger charge is 2.27.